The van der Waals surface area contributed by atoms with Gasteiger partial charge in [0, 0.05) is 0 Å². The Morgan fingerprint density at radius 1 is 0.850 bits per heavy atom. The Balaban J connectivity index is 2.10. The molecule has 3 nitrogen and oxygen atoms in total. The van der Waals surface area contributed by atoms with Crippen LogP contribution in [0, 0.1) is 0 Å². The summed E-state index contributed by atoms with van der Waals surface area (Å²) < 4.78 is 26.6. The molecule has 0 bridgehead atoms. The third-order valence-corrected chi connectivity index (χ3v) is 3.64. The molecule has 0 aliphatic heterocycles. The van der Waals surface area contributed by atoms with Gasteiger partial charge >= 0.3 is 0 Å². The van der Waals surface area contributed by atoms with Crippen LogP contribution in [-0.2, 0) is 27.3 Å². The van der Waals surface area contributed by atoms with E-state index >= 15 is 0 Å². The molecular formula is C16H18O3S. The maximum absolute atomic E-state index is 10.9. The van der Waals surface area contributed by atoms with Crippen LogP contribution >= 0.6 is 0 Å². The lowest BCUT2D eigenvalue weighted by Crippen LogP contribution is -2.02. The average Bonchev–Trinajstić information content (AvgIpc) is 2.45. The Morgan fingerprint density at radius 2 is 1.30 bits per heavy atom. The third kappa shape index (κ3) is 4.18. The van der Waals surface area contributed by atoms with Gasteiger partial charge in [-0.05, 0) is 28.7 Å². The van der Waals surface area contributed by atoms with Crippen molar-refractivity contribution in [2.75, 3.05) is 6.26 Å². The number of hydrogen-bond donors (Lipinski definition) is 0. The highest BCUT2D eigenvalue weighted by molar-refractivity contribution is 7.85. The van der Waals surface area contributed by atoms with E-state index in [1.807, 2.05) is 24.3 Å². The molecule has 0 aliphatic carbocycles. The van der Waals surface area contributed by atoms with E-state index in [1.54, 1.807) is 0 Å². The molecule has 2 rings (SSSR count). The molecule has 0 saturated heterocycles. The quantitative estimate of drug-likeness (QED) is 0.793. The summed E-state index contributed by atoms with van der Waals surface area (Å²) in [5, 5.41) is 0. The number of benzene rings is 2. The minimum atomic E-state index is -3.39. The lowest BCUT2D eigenvalue weighted by molar-refractivity contribution is 0.312. The topological polar surface area (TPSA) is 43.4 Å². The molecule has 0 saturated carbocycles. The van der Waals surface area contributed by atoms with Gasteiger partial charge in [-0.1, -0.05) is 55.5 Å². The second-order valence-corrected chi connectivity index (χ2v) is 6.36. The van der Waals surface area contributed by atoms with E-state index < -0.39 is 10.1 Å². The van der Waals surface area contributed by atoms with Crippen molar-refractivity contribution in [2.24, 2.45) is 0 Å². The van der Waals surface area contributed by atoms with E-state index in [0.717, 1.165) is 29.4 Å². The Kier molecular flexibility index (Phi) is 4.57. The van der Waals surface area contributed by atoms with Gasteiger partial charge in [-0.25, -0.2) is 0 Å². The number of rotatable bonds is 5. The van der Waals surface area contributed by atoms with Crippen LogP contribution in [0.1, 0.15) is 18.1 Å². The Morgan fingerprint density at radius 3 is 1.70 bits per heavy atom. The van der Waals surface area contributed by atoms with Crippen LogP contribution in [0.3, 0.4) is 0 Å². The molecule has 0 aromatic heterocycles. The molecule has 0 heterocycles. The zero-order valence-electron chi connectivity index (χ0n) is 11.7. The summed E-state index contributed by atoms with van der Waals surface area (Å²) >= 11 is 0. The van der Waals surface area contributed by atoms with Crippen LogP contribution in [0.5, 0.6) is 0 Å². The molecule has 0 fully saturated rings. The smallest absolute Gasteiger partial charge is 0.264 e. The minimum absolute atomic E-state index is 0.0773. The first-order chi connectivity index (χ1) is 9.48. The van der Waals surface area contributed by atoms with Crippen molar-refractivity contribution in [1.82, 2.24) is 0 Å². The lowest BCUT2D eigenvalue weighted by Gasteiger charge is -2.05. The predicted octanol–water partition coefficient (Wildman–Crippen LogP) is 3.39. The normalized spacial score (nSPS) is 11.5. The summed E-state index contributed by atoms with van der Waals surface area (Å²) in [6.45, 7) is 2.21. The van der Waals surface area contributed by atoms with Crippen molar-refractivity contribution < 1.29 is 12.6 Å². The fourth-order valence-electron chi connectivity index (χ4n) is 1.90. The van der Waals surface area contributed by atoms with Crippen LogP contribution in [0.4, 0.5) is 0 Å². The Bertz CT molecular complexity index is 656. The number of aryl methyl sites for hydroxylation is 1. The summed E-state index contributed by atoms with van der Waals surface area (Å²) in [5.74, 6) is 0. The average molecular weight is 290 g/mol. The SMILES string of the molecule is CCc1ccc(-c2ccc(COS(C)(=O)=O)cc2)cc1. The van der Waals surface area contributed by atoms with Crippen molar-refractivity contribution in [1.29, 1.82) is 0 Å². The van der Waals surface area contributed by atoms with Crippen molar-refractivity contribution >= 4 is 10.1 Å². The molecule has 2 aromatic rings. The third-order valence-electron chi connectivity index (χ3n) is 3.09. The van der Waals surface area contributed by atoms with E-state index in [2.05, 4.69) is 31.2 Å². The fourth-order valence-corrected chi connectivity index (χ4v) is 2.25. The van der Waals surface area contributed by atoms with Gasteiger partial charge in [-0.15, -0.1) is 0 Å². The molecule has 0 spiro atoms. The number of hydrogen-bond acceptors (Lipinski definition) is 3. The lowest BCUT2D eigenvalue weighted by atomic mass is 10.0. The second kappa shape index (κ2) is 6.20. The van der Waals surface area contributed by atoms with Crippen molar-refractivity contribution in [2.45, 2.75) is 20.0 Å². The van der Waals surface area contributed by atoms with E-state index in [0.29, 0.717) is 0 Å². The highest BCUT2D eigenvalue weighted by Gasteiger charge is 2.03. The molecule has 0 atom stereocenters. The van der Waals surface area contributed by atoms with Crippen molar-refractivity contribution in [3.8, 4) is 11.1 Å². The second-order valence-electron chi connectivity index (χ2n) is 4.71. The minimum Gasteiger partial charge on any atom is -0.265 e. The van der Waals surface area contributed by atoms with Crippen LogP contribution in [0.15, 0.2) is 48.5 Å². The van der Waals surface area contributed by atoms with E-state index in [1.165, 1.54) is 5.56 Å². The first-order valence-corrected chi connectivity index (χ1v) is 8.32. The predicted molar refractivity (Wildman–Crippen MR) is 80.9 cm³/mol. The molecular weight excluding hydrogens is 272 g/mol. The van der Waals surface area contributed by atoms with E-state index in [9.17, 15) is 8.42 Å². The molecule has 2 aromatic carbocycles. The zero-order valence-corrected chi connectivity index (χ0v) is 12.5. The standard InChI is InChI=1S/C16H18O3S/c1-3-13-4-8-15(9-5-13)16-10-6-14(7-11-16)12-19-20(2,17)18/h4-11H,3,12H2,1-2H3. The first kappa shape index (κ1) is 14.8. The first-order valence-electron chi connectivity index (χ1n) is 6.50. The molecule has 0 N–H and O–H groups in total. The largest absolute Gasteiger partial charge is 0.265 e. The molecule has 4 heteroatoms. The van der Waals surface area contributed by atoms with Gasteiger partial charge in [-0.2, -0.15) is 8.42 Å². The van der Waals surface area contributed by atoms with Gasteiger partial charge in [0.15, 0.2) is 0 Å². The summed E-state index contributed by atoms with van der Waals surface area (Å²) in [4.78, 5) is 0. The van der Waals surface area contributed by atoms with Gasteiger partial charge < -0.3 is 0 Å². The summed E-state index contributed by atoms with van der Waals surface area (Å²) in [7, 11) is -3.39. The van der Waals surface area contributed by atoms with Gasteiger partial charge in [0.05, 0.1) is 12.9 Å². The molecule has 0 unspecified atom stereocenters. The molecule has 0 aliphatic rings. The van der Waals surface area contributed by atoms with Crippen LogP contribution in [-0.4, -0.2) is 14.7 Å². The van der Waals surface area contributed by atoms with E-state index in [4.69, 9.17) is 4.18 Å². The summed E-state index contributed by atoms with van der Waals surface area (Å²) in [6, 6.07) is 16.2. The van der Waals surface area contributed by atoms with Gasteiger partial charge in [-0.3, -0.25) is 4.18 Å². The monoisotopic (exact) mass is 290 g/mol. The van der Waals surface area contributed by atoms with Crippen LogP contribution in [0.2, 0.25) is 0 Å². The molecule has 0 radical (unpaired) electrons. The zero-order chi connectivity index (χ0) is 14.6. The fraction of sp³-hybridized carbons (Fsp3) is 0.250. The Hall–Kier alpha value is -1.65. The van der Waals surface area contributed by atoms with Gasteiger partial charge in [0.1, 0.15) is 0 Å². The van der Waals surface area contributed by atoms with Crippen LogP contribution in [0.25, 0.3) is 11.1 Å². The summed E-state index contributed by atoms with van der Waals surface area (Å²) in [5.41, 5.74) is 4.41. The molecule has 0 amide bonds. The summed E-state index contributed by atoms with van der Waals surface area (Å²) in [6.07, 6.45) is 2.08. The molecule has 20 heavy (non-hydrogen) atoms. The molecule has 106 valence electrons. The maximum Gasteiger partial charge on any atom is 0.264 e. The maximum atomic E-state index is 10.9. The van der Waals surface area contributed by atoms with Gasteiger partial charge in [0.2, 0.25) is 0 Å². The Labute approximate surface area is 120 Å². The van der Waals surface area contributed by atoms with Crippen LogP contribution < -0.4 is 0 Å². The highest BCUT2D eigenvalue weighted by atomic mass is 32.2. The van der Waals surface area contributed by atoms with Crippen molar-refractivity contribution in [3.63, 3.8) is 0 Å². The van der Waals surface area contributed by atoms with E-state index in [-0.39, 0.29) is 6.61 Å². The van der Waals surface area contributed by atoms with Gasteiger partial charge in [0.25, 0.3) is 10.1 Å². The van der Waals surface area contributed by atoms with Crippen molar-refractivity contribution in [3.05, 3.63) is 59.7 Å². The highest BCUT2D eigenvalue weighted by Crippen LogP contribution is 2.21.